The monoisotopic (exact) mass is 211 g/mol. The van der Waals surface area contributed by atoms with Crippen LogP contribution in [0.5, 0.6) is 0 Å². The minimum absolute atomic E-state index is 0.113. The molecule has 0 unspecified atom stereocenters. The van der Waals surface area contributed by atoms with Crippen molar-refractivity contribution in [2.45, 2.75) is 19.9 Å². The van der Waals surface area contributed by atoms with Crippen LogP contribution in [-0.2, 0) is 4.79 Å². The number of amides is 1. The molecule has 0 fully saturated rings. The fourth-order valence-corrected chi connectivity index (χ4v) is 1.13. The molecule has 1 aromatic rings. The van der Waals surface area contributed by atoms with Crippen molar-refractivity contribution >= 4 is 11.9 Å². The summed E-state index contributed by atoms with van der Waals surface area (Å²) in [5.74, 6) is -1.63. The Morgan fingerprint density at radius 1 is 1.47 bits per heavy atom. The lowest BCUT2D eigenvalue weighted by atomic mass is 10.0. The van der Waals surface area contributed by atoms with Crippen molar-refractivity contribution in [3.63, 3.8) is 0 Å². The third-order valence-corrected chi connectivity index (χ3v) is 1.96. The number of carboxylic acid groups (broad SMARTS) is 1. The largest absolute Gasteiger partial charge is 0.480 e. The molecule has 1 amide bonds. The third kappa shape index (κ3) is 2.83. The zero-order chi connectivity index (χ0) is 11.4. The molecule has 1 heterocycles. The first kappa shape index (κ1) is 11.3. The van der Waals surface area contributed by atoms with Gasteiger partial charge in [-0.25, -0.2) is 4.79 Å². The Balaban J connectivity index is 2.67. The maximum Gasteiger partial charge on any atom is 0.326 e. The molecule has 15 heavy (non-hydrogen) atoms. The van der Waals surface area contributed by atoms with E-state index >= 15 is 0 Å². The highest BCUT2D eigenvalue weighted by Crippen LogP contribution is 2.05. The predicted octanol–water partition coefficient (Wildman–Crippen LogP) is 1.12. The van der Waals surface area contributed by atoms with E-state index in [4.69, 9.17) is 9.52 Å². The van der Waals surface area contributed by atoms with Gasteiger partial charge >= 0.3 is 5.97 Å². The highest BCUT2D eigenvalue weighted by molar-refractivity contribution is 5.94. The number of hydrogen-bond acceptors (Lipinski definition) is 3. The van der Waals surface area contributed by atoms with Crippen LogP contribution in [0.1, 0.15) is 24.4 Å². The summed E-state index contributed by atoms with van der Waals surface area (Å²) in [7, 11) is 0. The summed E-state index contributed by atoms with van der Waals surface area (Å²) < 4.78 is 4.85. The Morgan fingerprint density at radius 2 is 2.13 bits per heavy atom. The lowest BCUT2D eigenvalue weighted by Gasteiger charge is -2.16. The van der Waals surface area contributed by atoms with E-state index in [0.29, 0.717) is 0 Å². The van der Waals surface area contributed by atoms with E-state index in [2.05, 4.69) is 5.32 Å². The first-order valence-electron chi connectivity index (χ1n) is 4.59. The first-order chi connectivity index (χ1) is 7.02. The van der Waals surface area contributed by atoms with Crippen molar-refractivity contribution < 1.29 is 19.1 Å². The van der Waals surface area contributed by atoms with Crippen molar-refractivity contribution in [1.29, 1.82) is 0 Å². The Morgan fingerprint density at radius 3 is 2.53 bits per heavy atom. The molecule has 5 nitrogen and oxygen atoms in total. The average Bonchev–Trinajstić information content (AvgIpc) is 2.65. The Kier molecular flexibility index (Phi) is 3.49. The molecule has 5 heteroatoms. The Hall–Kier alpha value is -1.78. The molecular weight excluding hydrogens is 198 g/mol. The lowest BCUT2D eigenvalue weighted by Crippen LogP contribution is -2.44. The van der Waals surface area contributed by atoms with Crippen LogP contribution in [0.2, 0.25) is 0 Å². The van der Waals surface area contributed by atoms with E-state index in [1.165, 1.54) is 12.3 Å². The van der Waals surface area contributed by atoms with E-state index in [1.54, 1.807) is 19.9 Å². The number of carbonyl (C=O) groups is 2. The standard InChI is InChI=1S/C10H13NO4/c1-6(2)8(10(13)14)11-9(12)7-4-3-5-15-7/h3-6,8H,1-2H3,(H,11,12)(H,13,14)/t8-/m0/s1. The second-order valence-corrected chi connectivity index (χ2v) is 3.51. The van der Waals surface area contributed by atoms with Gasteiger partial charge in [0, 0.05) is 0 Å². The SMILES string of the molecule is CC(C)[C@H](NC(=O)c1ccco1)C(=O)O. The molecule has 1 atom stereocenters. The summed E-state index contributed by atoms with van der Waals surface area (Å²) in [4.78, 5) is 22.3. The number of carbonyl (C=O) groups excluding carboxylic acids is 1. The third-order valence-electron chi connectivity index (χ3n) is 1.96. The molecule has 82 valence electrons. The smallest absolute Gasteiger partial charge is 0.326 e. The zero-order valence-corrected chi connectivity index (χ0v) is 8.56. The van der Waals surface area contributed by atoms with Crippen molar-refractivity contribution in [3.8, 4) is 0 Å². The van der Waals surface area contributed by atoms with Crippen molar-refractivity contribution in [3.05, 3.63) is 24.2 Å². The molecule has 0 aliphatic carbocycles. The summed E-state index contributed by atoms with van der Waals surface area (Å²) in [5, 5.41) is 11.2. The van der Waals surface area contributed by atoms with Crippen LogP contribution >= 0.6 is 0 Å². The fourth-order valence-electron chi connectivity index (χ4n) is 1.13. The van der Waals surface area contributed by atoms with Crippen LogP contribution in [0.25, 0.3) is 0 Å². The molecule has 0 saturated heterocycles. The number of carboxylic acids is 1. The maximum absolute atomic E-state index is 11.5. The minimum Gasteiger partial charge on any atom is -0.480 e. The number of hydrogen-bond donors (Lipinski definition) is 2. The summed E-state index contributed by atoms with van der Waals surface area (Å²) in [5.41, 5.74) is 0. The van der Waals surface area contributed by atoms with Gasteiger partial charge in [-0.1, -0.05) is 13.8 Å². The molecule has 0 aliphatic heterocycles. The van der Waals surface area contributed by atoms with Gasteiger partial charge in [0.1, 0.15) is 6.04 Å². The van der Waals surface area contributed by atoms with Gasteiger partial charge in [0.2, 0.25) is 0 Å². The quantitative estimate of drug-likeness (QED) is 0.782. The van der Waals surface area contributed by atoms with E-state index < -0.39 is 17.9 Å². The van der Waals surface area contributed by atoms with Gasteiger partial charge < -0.3 is 14.8 Å². The molecule has 0 spiro atoms. The number of rotatable bonds is 4. The number of furan rings is 1. The molecule has 0 saturated carbocycles. The summed E-state index contributed by atoms with van der Waals surface area (Å²) in [6.07, 6.45) is 1.36. The van der Waals surface area contributed by atoms with Gasteiger partial charge in [0.15, 0.2) is 5.76 Å². The van der Waals surface area contributed by atoms with E-state index in [-0.39, 0.29) is 11.7 Å². The van der Waals surface area contributed by atoms with E-state index in [9.17, 15) is 9.59 Å². The van der Waals surface area contributed by atoms with Crippen LogP contribution in [0, 0.1) is 5.92 Å². The fraction of sp³-hybridized carbons (Fsp3) is 0.400. The van der Waals surface area contributed by atoms with E-state index in [1.807, 2.05) is 0 Å². The van der Waals surface area contributed by atoms with Crippen LogP contribution in [0.15, 0.2) is 22.8 Å². The maximum atomic E-state index is 11.5. The number of aliphatic carboxylic acids is 1. The Bertz CT molecular complexity index is 342. The van der Waals surface area contributed by atoms with Crippen LogP contribution in [0.4, 0.5) is 0 Å². The molecule has 0 aromatic carbocycles. The van der Waals surface area contributed by atoms with E-state index in [0.717, 1.165) is 0 Å². The normalized spacial score (nSPS) is 12.5. The molecule has 0 bridgehead atoms. The molecule has 1 rings (SSSR count). The van der Waals surface area contributed by atoms with Gasteiger partial charge in [-0.2, -0.15) is 0 Å². The second kappa shape index (κ2) is 4.63. The summed E-state index contributed by atoms with van der Waals surface area (Å²) >= 11 is 0. The topological polar surface area (TPSA) is 79.5 Å². The van der Waals surface area contributed by atoms with Gasteiger partial charge in [0.05, 0.1) is 6.26 Å². The van der Waals surface area contributed by atoms with Crippen LogP contribution < -0.4 is 5.32 Å². The van der Waals surface area contributed by atoms with Gasteiger partial charge in [-0.3, -0.25) is 4.79 Å². The van der Waals surface area contributed by atoms with Gasteiger partial charge in [-0.15, -0.1) is 0 Å². The molecule has 0 radical (unpaired) electrons. The van der Waals surface area contributed by atoms with Gasteiger partial charge in [-0.05, 0) is 18.1 Å². The van der Waals surface area contributed by atoms with Crippen molar-refractivity contribution in [2.75, 3.05) is 0 Å². The highest BCUT2D eigenvalue weighted by Gasteiger charge is 2.24. The van der Waals surface area contributed by atoms with Crippen molar-refractivity contribution in [2.24, 2.45) is 5.92 Å². The molecular formula is C10H13NO4. The summed E-state index contributed by atoms with van der Waals surface area (Å²) in [6, 6.07) is 2.15. The summed E-state index contributed by atoms with van der Waals surface area (Å²) in [6.45, 7) is 3.45. The zero-order valence-electron chi connectivity index (χ0n) is 8.56. The van der Waals surface area contributed by atoms with Gasteiger partial charge in [0.25, 0.3) is 5.91 Å². The van der Waals surface area contributed by atoms with Crippen molar-refractivity contribution in [1.82, 2.24) is 5.32 Å². The molecule has 2 N–H and O–H groups in total. The molecule has 0 aliphatic rings. The van der Waals surface area contributed by atoms with Crippen LogP contribution in [-0.4, -0.2) is 23.0 Å². The minimum atomic E-state index is -1.05. The number of nitrogens with one attached hydrogen (secondary N) is 1. The first-order valence-corrected chi connectivity index (χ1v) is 4.59. The highest BCUT2D eigenvalue weighted by atomic mass is 16.4. The second-order valence-electron chi connectivity index (χ2n) is 3.51. The molecule has 1 aromatic heterocycles. The Labute approximate surface area is 87.1 Å². The average molecular weight is 211 g/mol. The lowest BCUT2D eigenvalue weighted by molar-refractivity contribution is -0.140. The predicted molar refractivity (Wildman–Crippen MR) is 52.4 cm³/mol. The van der Waals surface area contributed by atoms with Crippen LogP contribution in [0.3, 0.4) is 0 Å².